The second kappa shape index (κ2) is 4.71. The van der Waals surface area contributed by atoms with Gasteiger partial charge in [0.05, 0.1) is 0 Å². The van der Waals surface area contributed by atoms with E-state index in [1.165, 1.54) is 5.56 Å². The molecule has 0 radical (unpaired) electrons. The maximum atomic E-state index is 10.7. The number of carbonyl (C=O) groups excluding carboxylic acids is 1. The van der Waals surface area contributed by atoms with E-state index in [9.17, 15) is 4.79 Å². The molecule has 2 nitrogen and oxygen atoms in total. The fourth-order valence-electron chi connectivity index (χ4n) is 1.71. The lowest BCUT2D eigenvalue weighted by molar-refractivity contribution is 0.112. The van der Waals surface area contributed by atoms with E-state index in [4.69, 9.17) is 0 Å². The highest BCUT2D eigenvalue weighted by molar-refractivity contribution is 5.74. The Hall–Kier alpha value is -1.96. The predicted octanol–water partition coefficient (Wildman–Crippen LogP) is 3.05. The number of hydrogen-bond acceptors (Lipinski definition) is 2. The summed E-state index contributed by atoms with van der Waals surface area (Å²) in [7, 11) is 0. The highest BCUT2D eigenvalue weighted by atomic mass is 16.1. The van der Waals surface area contributed by atoms with Gasteiger partial charge in [-0.05, 0) is 17.2 Å². The Kier molecular flexibility index (Phi) is 3.10. The van der Waals surface area contributed by atoms with Crippen LogP contribution in [0.4, 0.5) is 0 Å². The van der Waals surface area contributed by atoms with Crippen LogP contribution in [-0.2, 0) is 0 Å². The van der Waals surface area contributed by atoms with Gasteiger partial charge in [-0.25, -0.2) is 0 Å². The number of rotatable bonds is 3. The van der Waals surface area contributed by atoms with Crippen molar-refractivity contribution in [3.05, 3.63) is 65.5 Å². The molecule has 0 aliphatic carbocycles. The van der Waals surface area contributed by atoms with Crippen LogP contribution in [0.3, 0.4) is 0 Å². The zero-order valence-corrected chi connectivity index (χ0v) is 9.13. The molecule has 2 aromatic rings. The minimum Gasteiger partial charge on any atom is -0.298 e. The zero-order valence-electron chi connectivity index (χ0n) is 9.13. The monoisotopic (exact) mass is 211 g/mol. The Morgan fingerprint density at radius 2 is 1.88 bits per heavy atom. The smallest absolute Gasteiger partial charge is 0.151 e. The molecule has 1 unspecified atom stereocenters. The van der Waals surface area contributed by atoms with Crippen LogP contribution in [0.25, 0.3) is 0 Å². The first kappa shape index (κ1) is 10.6. The summed E-state index contributed by atoms with van der Waals surface area (Å²) in [6.45, 7) is 2.11. The average molecular weight is 211 g/mol. The van der Waals surface area contributed by atoms with Crippen LogP contribution in [0.1, 0.15) is 34.3 Å². The maximum Gasteiger partial charge on any atom is 0.151 e. The topological polar surface area (TPSA) is 30.0 Å². The van der Waals surface area contributed by atoms with E-state index in [1.54, 1.807) is 6.20 Å². The standard InChI is InChI=1S/C14H13NO/c1-11(13-5-3-2-4-6-13)14-7-12(10-16)8-15-9-14/h2-11H,1H3. The van der Waals surface area contributed by atoms with Crippen LogP contribution in [-0.4, -0.2) is 11.3 Å². The molecule has 0 aliphatic heterocycles. The van der Waals surface area contributed by atoms with Gasteiger partial charge < -0.3 is 0 Å². The van der Waals surface area contributed by atoms with E-state index in [-0.39, 0.29) is 5.92 Å². The van der Waals surface area contributed by atoms with Crippen molar-refractivity contribution in [3.8, 4) is 0 Å². The quantitative estimate of drug-likeness (QED) is 0.730. The molecule has 2 heteroatoms. The number of benzene rings is 1. The first-order chi connectivity index (χ1) is 7.81. The molecular weight excluding hydrogens is 198 g/mol. The zero-order chi connectivity index (χ0) is 11.4. The van der Waals surface area contributed by atoms with Gasteiger partial charge >= 0.3 is 0 Å². The third kappa shape index (κ3) is 2.16. The molecule has 0 saturated heterocycles. The number of hydrogen-bond donors (Lipinski definition) is 0. The highest BCUT2D eigenvalue weighted by Gasteiger charge is 2.08. The number of aldehydes is 1. The van der Waals surface area contributed by atoms with Crippen molar-refractivity contribution in [3.63, 3.8) is 0 Å². The Balaban J connectivity index is 2.34. The lowest BCUT2D eigenvalue weighted by Crippen LogP contribution is -1.97. The van der Waals surface area contributed by atoms with Gasteiger partial charge in [-0.1, -0.05) is 37.3 Å². The van der Waals surface area contributed by atoms with Gasteiger partial charge in [-0.15, -0.1) is 0 Å². The number of carbonyl (C=O) groups is 1. The number of pyridine rings is 1. The molecule has 80 valence electrons. The molecule has 0 bridgehead atoms. The van der Waals surface area contributed by atoms with E-state index in [2.05, 4.69) is 24.0 Å². The fraction of sp³-hybridized carbons (Fsp3) is 0.143. The van der Waals surface area contributed by atoms with Crippen LogP contribution in [0, 0.1) is 0 Å². The molecule has 16 heavy (non-hydrogen) atoms. The molecule has 1 heterocycles. The van der Waals surface area contributed by atoms with Gasteiger partial charge in [-0.2, -0.15) is 0 Å². The highest BCUT2D eigenvalue weighted by Crippen LogP contribution is 2.23. The van der Waals surface area contributed by atoms with Crippen molar-refractivity contribution < 1.29 is 4.79 Å². The predicted molar refractivity (Wildman–Crippen MR) is 63.6 cm³/mol. The second-order valence-electron chi connectivity index (χ2n) is 3.80. The first-order valence-corrected chi connectivity index (χ1v) is 5.26. The molecule has 0 fully saturated rings. The largest absolute Gasteiger partial charge is 0.298 e. The Labute approximate surface area is 95.0 Å². The molecule has 0 saturated carbocycles. The van der Waals surface area contributed by atoms with E-state index in [0.29, 0.717) is 5.56 Å². The van der Waals surface area contributed by atoms with Crippen LogP contribution in [0.5, 0.6) is 0 Å². The third-order valence-corrected chi connectivity index (χ3v) is 2.72. The van der Waals surface area contributed by atoms with Crippen LogP contribution in [0.2, 0.25) is 0 Å². The second-order valence-corrected chi connectivity index (χ2v) is 3.80. The molecule has 0 spiro atoms. The summed E-state index contributed by atoms with van der Waals surface area (Å²) in [4.78, 5) is 14.7. The van der Waals surface area contributed by atoms with E-state index >= 15 is 0 Å². The third-order valence-electron chi connectivity index (χ3n) is 2.72. The molecule has 0 aliphatic rings. The van der Waals surface area contributed by atoms with Crippen molar-refractivity contribution in [1.29, 1.82) is 0 Å². The van der Waals surface area contributed by atoms with E-state index in [1.807, 2.05) is 30.5 Å². The van der Waals surface area contributed by atoms with Crippen molar-refractivity contribution in [2.24, 2.45) is 0 Å². The van der Waals surface area contributed by atoms with E-state index < -0.39 is 0 Å². The number of aromatic nitrogens is 1. The van der Waals surface area contributed by atoms with Gasteiger partial charge in [-0.3, -0.25) is 9.78 Å². The van der Waals surface area contributed by atoms with Crippen molar-refractivity contribution >= 4 is 6.29 Å². The fourth-order valence-corrected chi connectivity index (χ4v) is 1.71. The SMILES string of the molecule is CC(c1ccccc1)c1cncc(C=O)c1. The van der Waals surface area contributed by atoms with Gasteiger partial charge in [0.1, 0.15) is 0 Å². The minimum atomic E-state index is 0.258. The van der Waals surface area contributed by atoms with Crippen molar-refractivity contribution in [2.75, 3.05) is 0 Å². The van der Waals surface area contributed by atoms with Gasteiger partial charge in [0.15, 0.2) is 6.29 Å². The maximum absolute atomic E-state index is 10.7. The van der Waals surface area contributed by atoms with Crippen molar-refractivity contribution in [1.82, 2.24) is 4.98 Å². The van der Waals surface area contributed by atoms with Crippen LogP contribution >= 0.6 is 0 Å². The molecule has 1 aromatic carbocycles. The Morgan fingerprint density at radius 3 is 2.56 bits per heavy atom. The molecule has 0 N–H and O–H groups in total. The van der Waals surface area contributed by atoms with E-state index in [0.717, 1.165) is 11.8 Å². The summed E-state index contributed by atoms with van der Waals surface area (Å²) >= 11 is 0. The average Bonchev–Trinajstić information content (AvgIpc) is 2.39. The molecule has 1 atom stereocenters. The Morgan fingerprint density at radius 1 is 1.12 bits per heavy atom. The summed E-state index contributed by atoms with van der Waals surface area (Å²) in [5, 5.41) is 0. The normalized spacial score (nSPS) is 12.1. The van der Waals surface area contributed by atoms with Crippen LogP contribution < -0.4 is 0 Å². The first-order valence-electron chi connectivity index (χ1n) is 5.26. The van der Waals surface area contributed by atoms with Crippen LogP contribution in [0.15, 0.2) is 48.8 Å². The lowest BCUT2D eigenvalue weighted by Gasteiger charge is -2.11. The molecule has 2 rings (SSSR count). The summed E-state index contributed by atoms with van der Waals surface area (Å²) in [5.41, 5.74) is 2.92. The van der Waals surface area contributed by atoms with Crippen molar-refractivity contribution in [2.45, 2.75) is 12.8 Å². The molecule has 0 amide bonds. The summed E-state index contributed by atoms with van der Waals surface area (Å²) in [6, 6.07) is 12.1. The lowest BCUT2D eigenvalue weighted by atomic mass is 9.94. The minimum absolute atomic E-state index is 0.258. The van der Waals surface area contributed by atoms with Gasteiger partial charge in [0.2, 0.25) is 0 Å². The van der Waals surface area contributed by atoms with Gasteiger partial charge in [0, 0.05) is 23.9 Å². The summed E-state index contributed by atoms with van der Waals surface area (Å²) in [5.74, 6) is 0.258. The number of nitrogens with zero attached hydrogens (tertiary/aromatic N) is 1. The van der Waals surface area contributed by atoms with Gasteiger partial charge in [0.25, 0.3) is 0 Å². The summed E-state index contributed by atoms with van der Waals surface area (Å²) in [6.07, 6.45) is 4.22. The Bertz CT molecular complexity index is 479. The molecule has 1 aromatic heterocycles. The summed E-state index contributed by atoms with van der Waals surface area (Å²) < 4.78 is 0. The molecular formula is C14H13NO.